The molecule has 3 rings (SSSR count). The summed E-state index contributed by atoms with van der Waals surface area (Å²) >= 11 is 1.63. The van der Waals surface area contributed by atoms with E-state index in [4.69, 9.17) is 0 Å². The molecule has 0 radical (unpaired) electrons. The Balaban J connectivity index is 1.60. The van der Waals surface area contributed by atoms with Crippen molar-refractivity contribution in [2.75, 3.05) is 18.6 Å². The summed E-state index contributed by atoms with van der Waals surface area (Å²) in [7, 11) is 0. The molecule has 0 spiro atoms. The zero-order chi connectivity index (χ0) is 19.9. The maximum Gasteiger partial charge on any atom is 0.243 e. The van der Waals surface area contributed by atoms with E-state index in [0.717, 1.165) is 44.3 Å². The SMILES string of the molecule is CSCCC(C(=O)NCCCc1ccccc1)N1C(=O)C2CCCCC2C1=O. The van der Waals surface area contributed by atoms with Gasteiger partial charge in [-0.15, -0.1) is 0 Å². The molecule has 2 fully saturated rings. The summed E-state index contributed by atoms with van der Waals surface area (Å²) in [5, 5.41) is 2.97. The molecule has 1 N–H and O–H groups in total. The fourth-order valence-electron chi connectivity index (χ4n) is 4.37. The number of hydrogen-bond donors (Lipinski definition) is 1. The molecule has 1 aliphatic heterocycles. The van der Waals surface area contributed by atoms with Crippen LogP contribution in [0.1, 0.15) is 44.1 Å². The number of nitrogens with zero attached hydrogens (tertiary/aromatic N) is 1. The second-order valence-electron chi connectivity index (χ2n) is 7.72. The Morgan fingerprint density at radius 2 is 1.79 bits per heavy atom. The number of benzene rings is 1. The van der Waals surface area contributed by atoms with Gasteiger partial charge in [0.2, 0.25) is 17.7 Å². The molecule has 0 aromatic heterocycles. The van der Waals surface area contributed by atoms with Crippen LogP contribution in [0.2, 0.25) is 0 Å². The molecule has 6 heteroatoms. The van der Waals surface area contributed by atoms with E-state index in [1.54, 1.807) is 11.8 Å². The largest absolute Gasteiger partial charge is 0.354 e. The van der Waals surface area contributed by atoms with E-state index in [9.17, 15) is 14.4 Å². The van der Waals surface area contributed by atoms with Crippen LogP contribution in [-0.4, -0.2) is 47.2 Å². The van der Waals surface area contributed by atoms with E-state index in [0.29, 0.717) is 13.0 Å². The highest BCUT2D eigenvalue weighted by Gasteiger charge is 2.51. The highest BCUT2D eigenvalue weighted by Crippen LogP contribution is 2.39. The lowest BCUT2D eigenvalue weighted by atomic mass is 9.81. The van der Waals surface area contributed by atoms with Gasteiger partial charge in [0.1, 0.15) is 6.04 Å². The number of thioether (sulfide) groups is 1. The molecule has 152 valence electrons. The molecule has 1 heterocycles. The number of imide groups is 1. The fourth-order valence-corrected chi connectivity index (χ4v) is 4.83. The van der Waals surface area contributed by atoms with Crippen LogP contribution >= 0.6 is 11.8 Å². The average Bonchev–Trinajstić information content (AvgIpc) is 2.98. The van der Waals surface area contributed by atoms with E-state index in [1.807, 2.05) is 24.5 Å². The van der Waals surface area contributed by atoms with Gasteiger partial charge in [-0.2, -0.15) is 11.8 Å². The topological polar surface area (TPSA) is 66.5 Å². The third-order valence-electron chi connectivity index (χ3n) is 5.87. The van der Waals surface area contributed by atoms with Crippen molar-refractivity contribution < 1.29 is 14.4 Å². The number of carbonyl (C=O) groups is 3. The zero-order valence-electron chi connectivity index (χ0n) is 16.6. The smallest absolute Gasteiger partial charge is 0.243 e. The molecule has 3 atom stereocenters. The number of aryl methyl sites for hydroxylation is 1. The summed E-state index contributed by atoms with van der Waals surface area (Å²) in [5.41, 5.74) is 1.24. The molecule has 3 unspecified atom stereocenters. The molecule has 1 aromatic rings. The predicted molar refractivity (Wildman–Crippen MR) is 112 cm³/mol. The van der Waals surface area contributed by atoms with Crippen LogP contribution in [0.5, 0.6) is 0 Å². The minimum absolute atomic E-state index is 0.125. The van der Waals surface area contributed by atoms with Crippen molar-refractivity contribution in [2.45, 2.75) is 51.0 Å². The van der Waals surface area contributed by atoms with Crippen LogP contribution < -0.4 is 5.32 Å². The molecule has 3 amide bonds. The lowest BCUT2D eigenvalue weighted by Crippen LogP contribution is -2.50. The van der Waals surface area contributed by atoms with Gasteiger partial charge in [0.05, 0.1) is 11.8 Å². The van der Waals surface area contributed by atoms with E-state index < -0.39 is 6.04 Å². The van der Waals surface area contributed by atoms with Crippen LogP contribution in [0.4, 0.5) is 0 Å². The van der Waals surface area contributed by atoms with E-state index in [1.165, 1.54) is 10.5 Å². The molecule has 1 aromatic carbocycles. The Kier molecular flexibility index (Phi) is 7.54. The third kappa shape index (κ3) is 4.77. The first-order valence-electron chi connectivity index (χ1n) is 10.3. The van der Waals surface area contributed by atoms with Gasteiger partial charge < -0.3 is 5.32 Å². The molecule has 28 heavy (non-hydrogen) atoms. The number of amides is 3. The lowest BCUT2D eigenvalue weighted by molar-refractivity contribution is -0.148. The van der Waals surface area contributed by atoms with Crippen LogP contribution in [0.3, 0.4) is 0 Å². The Hall–Kier alpha value is -1.82. The minimum Gasteiger partial charge on any atom is -0.354 e. The summed E-state index contributed by atoms with van der Waals surface area (Å²) in [6, 6.07) is 9.49. The first-order chi connectivity index (χ1) is 13.6. The number of fused-ring (bicyclic) bond motifs is 1. The summed E-state index contributed by atoms with van der Waals surface area (Å²) < 4.78 is 0. The average molecular weight is 403 g/mol. The van der Waals surface area contributed by atoms with Crippen LogP contribution in [0.15, 0.2) is 30.3 Å². The Bertz CT molecular complexity index is 670. The van der Waals surface area contributed by atoms with Crippen molar-refractivity contribution in [3.05, 3.63) is 35.9 Å². The van der Waals surface area contributed by atoms with E-state index in [-0.39, 0.29) is 29.6 Å². The van der Waals surface area contributed by atoms with Crippen molar-refractivity contribution in [3.8, 4) is 0 Å². The second-order valence-corrected chi connectivity index (χ2v) is 8.71. The van der Waals surface area contributed by atoms with Gasteiger partial charge in [0.25, 0.3) is 0 Å². The zero-order valence-corrected chi connectivity index (χ0v) is 17.4. The number of nitrogens with one attached hydrogen (secondary N) is 1. The Morgan fingerprint density at radius 1 is 1.14 bits per heavy atom. The van der Waals surface area contributed by atoms with Crippen molar-refractivity contribution in [1.82, 2.24) is 10.2 Å². The standard InChI is InChI=1S/C22H30N2O3S/c1-28-15-13-19(20(25)23-14-7-10-16-8-3-2-4-9-16)24-21(26)17-11-5-6-12-18(17)22(24)27/h2-4,8-9,17-19H,5-7,10-15H2,1H3,(H,23,25). The minimum atomic E-state index is -0.672. The molecular formula is C22H30N2O3S. The molecule has 0 bridgehead atoms. The van der Waals surface area contributed by atoms with Crippen molar-refractivity contribution in [1.29, 1.82) is 0 Å². The van der Waals surface area contributed by atoms with E-state index in [2.05, 4.69) is 17.4 Å². The highest BCUT2D eigenvalue weighted by atomic mass is 32.2. The number of carbonyl (C=O) groups excluding carboxylic acids is 3. The quantitative estimate of drug-likeness (QED) is 0.509. The molecular weight excluding hydrogens is 372 g/mol. The molecule has 2 aliphatic rings. The summed E-state index contributed by atoms with van der Waals surface area (Å²) in [6.07, 6.45) is 7.76. The molecule has 1 aliphatic carbocycles. The first kappa shape index (κ1) is 20.9. The van der Waals surface area contributed by atoms with Gasteiger partial charge in [0.15, 0.2) is 0 Å². The van der Waals surface area contributed by atoms with Gasteiger partial charge in [-0.05, 0) is 49.7 Å². The van der Waals surface area contributed by atoms with Gasteiger partial charge in [-0.1, -0.05) is 43.2 Å². The molecule has 1 saturated carbocycles. The van der Waals surface area contributed by atoms with Gasteiger partial charge >= 0.3 is 0 Å². The summed E-state index contributed by atoms with van der Waals surface area (Å²) in [5.74, 6) is -0.107. The predicted octanol–water partition coefficient (Wildman–Crippen LogP) is 3.03. The normalized spacial score (nSPS) is 22.8. The van der Waals surface area contributed by atoms with Crippen LogP contribution in [-0.2, 0) is 20.8 Å². The number of rotatable bonds is 9. The molecule has 5 nitrogen and oxygen atoms in total. The van der Waals surface area contributed by atoms with Crippen molar-refractivity contribution in [3.63, 3.8) is 0 Å². The van der Waals surface area contributed by atoms with Crippen molar-refractivity contribution in [2.24, 2.45) is 11.8 Å². The first-order valence-corrected chi connectivity index (χ1v) is 11.7. The third-order valence-corrected chi connectivity index (χ3v) is 6.51. The van der Waals surface area contributed by atoms with Crippen molar-refractivity contribution >= 4 is 29.5 Å². The lowest BCUT2D eigenvalue weighted by Gasteiger charge is -2.26. The van der Waals surface area contributed by atoms with Gasteiger partial charge in [-0.3, -0.25) is 19.3 Å². The summed E-state index contributed by atoms with van der Waals surface area (Å²) in [6.45, 7) is 0.548. The second kappa shape index (κ2) is 10.1. The summed E-state index contributed by atoms with van der Waals surface area (Å²) in [4.78, 5) is 40.0. The van der Waals surface area contributed by atoms with Gasteiger partial charge in [0, 0.05) is 6.54 Å². The van der Waals surface area contributed by atoms with E-state index >= 15 is 0 Å². The number of likely N-dealkylation sites (tertiary alicyclic amines) is 1. The molecule has 1 saturated heterocycles. The monoisotopic (exact) mass is 402 g/mol. The maximum absolute atomic E-state index is 12.9. The van der Waals surface area contributed by atoms with Crippen LogP contribution in [0, 0.1) is 11.8 Å². The Morgan fingerprint density at radius 3 is 2.39 bits per heavy atom. The number of hydrogen-bond acceptors (Lipinski definition) is 4. The highest BCUT2D eigenvalue weighted by molar-refractivity contribution is 7.98. The van der Waals surface area contributed by atoms with Crippen LogP contribution in [0.25, 0.3) is 0 Å². The Labute approximate surface area is 171 Å². The fraction of sp³-hybridized carbons (Fsp3) is 0.591. The van der Waals surface area contributed by atoms with Gasteiger partial charge in [-0.25, -0.2) is 0 Å². The maximum atomic E-state index is 12.9.